The van der Waals surface area contributed by atoms with Crippen molar-refractivity contribution in [3.8, 4) is 0 Å². The van der Waals surface area contributed by atoms with Crippen molar-refractivity contribution < 1.29 is 8.78 Å². The van der Waals surface area contributed by atoms with Gasteiger partial charge in [-0.05, 0) is 18.9 Å². The van der Waals surface area contributed by atoms with E-state index in [0.717, 1.165) is 35.8 Å². The minimum Gasteiger partial charge on any atom is -0.348 e. The molecular formula is C16H15F2N5. The number of aromatic nitrogens is 4. The van der Waals surface area contributed by atoms with Crippen molar-refractivity contribution in [3.63, 3.8) is 0 Å². The summed E-state index contributed by atoms with van der Waals surface area (Å²) in [6.45, 7) is 0.345. The van der Waals surface area contributed by atoms with Gasteiger partial charge in [0.05, 0.1) is 11.6 Å². The van der Waals surface area contributed by atoms with Gasteiger partial charge in [-0.25, -0.2) is 18.7 Å². The molecule has 4 rings (SSSR count). The lowest BCUT2D eigenvalue weighted by atomic mass is 10.2. The number of hydrogen-bond acceptors (Lipinski definition) is 4. The molecule has 0 amide bonds. The van der Waals surface area contributed by atoms with Crippen LogP contribution in [0.15, 0.2) is 30.7 Å². The van der Waals surface area contributed by atoms with Crippen molar-refractivity contribution in [1.29, 1.82) is 0 Å². The zero-order valence-corrected chi connectivity index (χ0v) is 12.6. The number of fused-ring (bicyclic) bond motifs is 1. The number of benzene rings is 1. The molecular weight excluding hydrogens is 300 g/mol. The van der Waals surface area contributed by atoms with Crippen LogP contribution >= 0.6 is 0 Å². The Bertz CT molecular complexity index is 872. The van der Waals surface area contributed by atoms with Gasteiger partial charge in [0.1, 0.15) is 23.8 Å². The Hall–Kier alpha value is -2.57. The van der Waals surface area contributed by atoms with Crippen LogP contribution in [0.4, 0.5) is 14.6 Å². The molecule has 3 aromatic rings. The summed E-state index contributed by atoms with van der Waals surface area (Å²) in [5.74, 6) is -0.359. The summed E-state index contributed by atoms with van der Waals surface area (Å²) in [5, 5.41) is 5.06. The molecule has 0 aliphatic heterocycles. The molecule has 5 nitrogen and oxygen atoms in total. The van der Waals surface area contributed by atoms with E-state index in [2.05, 4.69) is 20.0 Å². The summed E-state index contributed by atoms with van der Waals surface area (Å²) in [4.78, 5) is 10.7. The highest BCUT2D eigenvalue weighted by atomic mass is 19.1. The first-order valence-electron chi connectivity index (χ1n) is 7.47. The van der Waals surface area contributed by atoms with E-state index in [1.165, 1.54) is 18.5 Å². The van der Waals surface area contributed by atoms with Crippen molar-refractivity contribution >= 4 is 16.9 Å². The van der Waals surface area contributed by atoms with E-state index in [9.17, 15) is 8.78 Å². The van der Waals surface area contributed by atoms with Gasteiger partial charge >= 0.3 is 0 Å². The average Bonchev–Trinajstić information content (AvgIpc) is 3.30. The van der Waals surface area contributed by atoms with Crippen molar-refractivity contribution in [1.82, 2.24) is 19.7 Å². The van der Waals surface area contributed by atoms with Crippen LogP contribution in [0, 0.1) is 11.6 Å². The van der Waals surface area contributed by atoms with Crippen molar-refractivity contribution in [3.05, 3.63) is 47.9 Å². The maximum Gasteiger partial charge on any atom is 0.163 e. The van der Waals surface area contributed by atoms with Gasteiger partial charge in [0.2, 0.25) is 0 Å². The van der Waals surface area contributed by atoms with E-state index in [4.69, 9.17) is 0 Å². The highest BCUT2D eigenvalue weighted by Crippen LogP contribution is 2.35. The van der Waals surface area contributed by atoms with Crippen LogP contribution < -0.4 is 4.90 Å². The quantitative estimate of drug-likeness (QED) is 0.743. The second-order valence-corrected chi connectivity index (χ2v) is 5.80. The lowest BCUT2D eigenvalue weighted by Gasteiger charge is -2.24. The number of anilines is 1. The van der Waals surface area contributed by atoms with Crippen LogP contribution in [0.5, 0.6) is 0 Å². The molecule has 0 N–H and O–H groups in total. The van der Waals surface area contributed by atoms with Crippen LogP contribution in [0.1, 0.15) is 18.4 Å². The highest BCUT2D eigenvalue weighted by molar-refractivity contribution is 5.86. The first-order chi connectivity index (χ1) is 11.1. The standard InChI is InChI=1S/C16H15F2N5/c1-22-15-13(7-21-22)16(20-9-19-15)23(12-4-5-12)8-10-2-3-11(17)6-14(10)18/h2-3,6-7,9,12H,4-5,8H2,1H3. The fraction of sp³-hybridized carbons (Fsp3) is 0.312. The minimum absolute atomic E-state index is 0.317. The molecule has 23 heavy (non-hydrogen) atoms. The van der Waals surface area contributed by atoms with E-state index >= 15 is 0 Å². The monoisotopic (exact) mass is 315 g/mol. The molecule has 0 unspecified atom stereocenters. The smallest absolute Gasteiger partial charge is 0.163 e. The minimum atomic E-state index is -0.569. The molecule has 1 aliphatic rings. The fourth-order valence-corrected chi connectivity index (χ4v) is 2.78. The molecule has 0 radical (unpaired) electrons. The van der Waals surface area contributed by atoms with E-state index in [0.29, 0.717) is 18.2 Å². The maximum atomic E-state index is 14.0. The second-order valence-electron chi connectivity index (χ2n) is 5.80. The topological polar surface area (TPSA) is 46.8 Å². The third-order valence-corrected chi connectivity index (χ3v) is 4.12. The average molecular weight is 315 g/mol. The van der Waals surface area contributed by atoms with Gasteiger partial charge in [-0.3, -0.25) is 4.68 Å². The SMILES string of the molecule is Cn1ncc2c(N(Cc3ccc(F)cc3F)C3CC3)ncnc21. The lowest BCUT2D eigenvalue weighted by Crippen LogP contribution is -2.26. The molecule has 0 atom stereocenters. The van der Waals surface area contributed by atoms with Crippen molar-refractivity contribution in [2.24, 2.45) is 7.05 Å². The highest BCUT2D eigenvalue weighted by Gasteiger charge is 2.32. The Morgan fingerprint density at radius 1 is 1.26 bits per heavy atom. The predicted octanol–water partition coefficient (Wildman–Crippen LogP) is 2.81. The van der Waals surface area contributed by atoms with Crippen LogP contribution in [0.2, 0.25) is 0 Å². The fourth-order valence-electron chi connectivity index (χ4n) is 2.78. The second kappa shape index (κ2) is 5.26. The molecule has 0 spiro atoms. The zero-order valence-electron chi connectivity index (χ0n) is 12.6. The summed E-state index contributed by atoms with van der Waals surface area (Å²) in [6, 6.07) is 4.00. The predicted molar refractivity (Wildman–Crippen MR) is 81.9 cm³/mol. The zero-order chi connectivity index (χ0) is 16.0. The number of nitrogens with zero attached hydrogens (tertiary/aromatic N) is 5. The number of halogens is 2. The lowest BCUT2D eigenvalue weighted by molar-refractivity contribution is 0.568. The molecule has 2 aromatic heterocycles. The molecule has 0 saturated heterocycles. The Balaban J connectivity index is 1.75. The van der Waals surface area contributed by atoms with Crippen LogP contribution in [-0.4, -0.2) is 25.8 Å². The first kappa shape index (κ1) is 14.0. The van der Waals surface area contributed by atoms with Gasteiger partial charge in [0.25, 0.3) is 0 Å². The van der Waals surface area contributed by atoms with Crippen LogP contribution in [0.3, 0.4) is 0 Å². The van der Waals surface area contributed by atoms with E-state index < -0.39 is 11.6 Å². The van der Waals surface area contributed by atoms with Gasteiger partial charge < -0.3 is 4.90 Å². The number of rotatable bonds is 4. The van der Waals surface area contributed by atoms with Gasteiger partial charge in [0, 0.05) is 31.3 Å². The summed E-state index contributed by atoms with van der Waals surface area (Å²) < 4.78 is 28.8. The third kappa shape index (κ3) is 2.52. The molecule has 118 valence electrons. The number of hydrogen-bond donors (Lipinski definition) is 0. The molecule has 1 fully saturated rings. The van der Waals surface area contributed by atoms with Crippen LogP contribution in [0.25, 0.3) is 11.0 Å². The molecule has 7 heteroatoms. The van der Waals surface area contributed by atoms with Crippen molar-refractivity contribution in [2.75, 3.05) is 4.90 Å². The summed E-state index contributed by atoms with van der Waals surface area (Å²) in [7, 11) is 1.82. The summed E-state index contributed by atoms with van der Waals surface area (Å²) >= 11 is 0. The van der Waals surface area contributed by atoms with E-state index in [-0.39, 0.29) is 0 Å². The van der Waals surface area contributed by atoms with E-state index in [1.54, 1.807) is 10.9 Å². The molecule has 1 aromatic carbocycles. The Morgan fingerprint density at radius 2 is 2.09 bits per heavy atom. The van der Waals surface area contributed by atoms with Gasteiger partial charge in [0.15, 0.2) is 5.65 Å². The molecule has 0 bridgehead atoms. The van der Waals surface area contributed by atoms with E-state index in [1.807, 2.05) is 7.05 Å². The Morgan fingerprint density at radius 3 is 2.83 bits per heavy atom. The van der Waals surface area contributed by atoms with Gasteiger partial charge in [-0.2, -0.15) is 5.10 Å². The van der Waals surface area contributed by atoms with Gasteiger partial charge in [-0.1, -0.05) is 6.07 Å². The number of aryl methyl sites for hydroxylation is 1. The Kier molecular flexibility index (Phi) is 3.21. The molecule has 1 saturated carbocycles. The summed E-state index contributed by atoms with van der Waals surface area (Å²) in [6.07, 6.45) is 5.29. The maximum absolute atomic E-state index is 14.0. The van der Waals surface area contributed by atoms with Gasteiger partial charge in [-0.15, -0.1) is 0 Å². The summed E-state index contributed by atoms with van der Waals surface area (Å²) in [5.41, 5.74) is 1.19. The normalized spacial score (nSPS) is 14.4. The van der Waals surface area contributed by atoms with Crippen molar-refractivity contribution in [2.45, 2.75) is 25.4 Å². The third-order valence-electron chi connectivity index (χ3n) is 4.12. The molecule has 2 heterocycles. The largest absolute Gasteiger partial charge is 0.348 e. The molecule has 1 aliphatic carbocycles. The first-order valence-corrected chi connectivity index (χ1v) is 7.47. The van der Waals surface area contributed by atoms with Crippen LogP contribution in [-0.2, 0) is 13.6 Å². The Labute approximate surface area is 131 Å².